The minimum atomic E-state index is -5.62. The summed E-state index contributed by atoms with van der Waals surface area (Å²) in [4.78, 5) is 0. The van der Waals surface area contributed by atoms with Crippen LogP contribution in [0.15, 0.2) is 0 Å². The second-order valence-corrected chi connectivity index (χ2v) is 12.7. The fraction of sp³-hybridized carbons (Fsp3) is 0.143. The fourth-order valence-corrected chi connectivity index (χ4v) is 3.74. The molecule has 0 aliphatic rings. The summed E-state index contributed by atoms with van der Waals surface area (Å²) < 4.78 is 89.2. The van der Waals surface area contributed by atoms with E-state index in [1.165, 1.54) is 0 Å². The maximum atomic E-state index is 13.2. The van der Waals surface area contributed by atoms with Crippen LogP contribution in [-0.4, -0.2) is 6.00 Å². The molecule has 0 amide bonds. The average Bonchev–Trinajstić information content (AvgIpc) is 2.10. The van der Waals surface area contributed by atoms with Gasteiger partial charge in [-0.25, -0.2) is 0 Å². The molecule has 0 aliphatic carbocycles. The Morgan fingerprint density at radius 2 is 1.06 bits per heavy atom. The molecule has 1 aromatic carbocycles. The van der Waals surface area contributed by atoms with Crippen molar-refractivity contribution < 1.29 is 30.7 Å². The van der Waals surface area contributed by atoms with Crippen LogP contribution in [0.1, 0.15) is 5.56 Å². The van der Waals surface area contributed by atoms with E-state index in [4.69, 9.17) is 33.2 Å². The van der Waals surface area contributed by atoms with Crippen LogP contribution in [0.5, 0.6) is 0 Å². The Labute approximate surface area is 110 Å². The maximum absolute atomic E-state index is 13.2. The van der Waals surface area contributed by atoms with E-state index in [1.807, 2.05) is 0 Å². The van der Waals surface area contributed by atoms with E-state index in [0.717, 1.165) is 0 Å². The van der Waals surface area contributed by atoms with Crippen LogP contribution < -0.4 is 5.19 Å². The fourth-order valence-electron chi connectivity index (χ4n) is 1.18. The monoisotopic (exact) mass is 351 g/mol. The summed E-state index contributed by atoms with van der Waals surface area (Å²) in [5.41, 5.74) is -2.70. The molecule has 0 aromatic heterocycles. The van der Waals surface area contributed by atoms with Gasteiger partial charge in [0.15, 0.2) is 0 Å². The van der Waals surface area contributed by atoms with Gasteiger partial charge in [0.2, 0.25) is 0 Å². The molecule has 0 radical (unpaired) electrons. The van der Waals surface area contributed by atoms with E-state index in [1.54, 1.807) is 0 Å². The van der Waals surface area contributed by atoms with Gasteiger partial charge >= 0.3 is 110 Å². The molecule has 0 heterocycles. The van der Waals surface area contributed by atoms with Crippen LogP contribution in [0.4, 0.5) is 30.7 Å². The Kier molecular flexibility index (Phi) is 4.17. The molecule has 0 saturated carbocycles. The quantitative estimate of drug-likeness (QED) is 0.312. The number of hydrogen-bond donors (Lipinski definition) is 0. The summed E-state index contributed by atoms with van der Waals surface area (Å²) in [6.07, 6.45) is -5.62. The summed E-state index contributed by atoms with van der Waals surface area (Å²) in [7, 11) is 0. The van der Waals surface area contributed by atoms with Crippen molar-refractivity contribution in [3.05, 3.63) is 28.8 Å². The molecular formula is C7HCl3F7Si-. The Morgan fingerprint density at radius 3 is 1.28 bits per heavy atom. The van der Waals surface area contributed by atoms with Crippen molar-refractivity contribution in [3.63, 3.8) is 0 Å². The second-order valence-electron chi connectivity index (χ2n) is 3.12. The van der Waals surface area contributed by atoms with Crippen molar-refractivity contribution in [1.29, 1.82) is 0 Å². The molecule has 104 valence electrons. The van der Waals surface area contributed by atoms with Gasteiger partial charge < -0.3 is 0 Å². The number of halogens is 10. The summed E-state index contributed by atoms with van der Waals surface area (Å²) in [6.45, 7) is 0. The van der Waals surface area contributed by atoms with Crippen LogP contribution in [0.3, 0.4) is 0 Å². The first-order chi connectivity index (χ1) is 7.89. The average molecular weight is 353 g/mol. The molecule has 0 spiro atoms. The number of hydrogen-bond acceptors (Lipinski definition) is 0. The molecule has 0 unspecified atom stereocenters. The molecule has 0 aliphatic heterocycles. The minimum absolute atomic E-state index is 1.59. The van der Waals surface area contributed by atoms with E-state index >= 15 is 0 Å². The van der Waals surface area contributed by atoms with Gasteiger partial charge in [0.25, 0.3) is 0 Å². The van der Waals surface area contributed by atoms with Gasteiger partial charge in [-0.05, 0) is 0 Å². The molecule has 0 bridgehead atoms. The second kappa shape index (κ2) is 4.73. The predicted molar refractivity (Wildman–Crippen MR) is 55.6 cm³/mol. The predicted octanol–water partition coefficient (Wildman–Crippen LogP) is 3.86. The van der Waals surface area contributed by atoms with Crippen LogP contribution in [0, 0.1) is 23.3 Å². The van der Waals surface area contributed by atoms with E-state index < -0.39 is 46.2 Å². The van der Waals surface area contributed by atoms with Crippen molar-refractivity contribution >= 4 is 44.4 Å². The molecule has 1 aromatic rings. The van der Waals surface area contributed by atoms with Gasteiger partial charge in [-0.1, -0.05) is 0 Å². The molecule has 18 heavy (non-hydrogen) atoms. The zero-order valence-corrected chi connectivity index (χ0v) is 11.3. The first kappa shape index (κ1) is 15.9. The molecular weight excluding hydrogens is 352 g/mol. The van der Waals surface area contributed by atoms with E-state index in [9.17, 15) is 30.7 Å². The van der Waals surface area contributed by atoms with Crippen LogP contribution >= 0.6 is 33.2 Å². The molecule has 0 saturated heterocycles. The summed E-state index contributed by atoms with van der Waals surface area (Å²) in [5.74, 6) is -9.96. The van der Waals surface area contributed by atoms with Gasteiger partial charge in [0, 0.05) is 0 Å². The van der Waals surface area contributed by atoms with Crippen molar-refractivity contribution in [2.24, 2.45) is 0 Å². The third-order valence-corrected chi connectivity index (χ3v) is 5.03. The van der Waals surface area contributed by atoms with Gasteiger partial charge in [0.1, 0.15) is 0 Å². The Balaban J connectivity index is 3.79. The van der Waals surface area contributed by atoms with Gasteiger partial charge in [0.05, 0.1) is 0 Å². The molecule has 0 N–H and O–H groups in total. The summed E-state index contributed by atoms with van der Waals surface area (Å²) >= 11 is 15.5. The first-order valence-corrected chi connectivity index (χ1v) is 9.83. The molecule has 0 fully saturated rings. The van der Waals surface area contributed by atoms with Crippen molar-refractivity contribution in [3.8, 4) is 0 Å². The third-order valence-electron chi connectivity index (χ3n) is 1.91. The van der Waals surface area contributed by atoms with Crippen LogP contribution in [0.2, 0.25) is 0 Å². The van der Waals surface area contributed by atoms with Crippen LogP contribution in [-0.2, 0) is 6.18 Å². The SMILES string of the molecule is Fc1c(F)c([SiH-](Cl)(Cl)Cl)c(F)c(F)c1C(F)(F)F. The zero-order valence-electron chi connectivity index (χ0n) is 7.86. The number of benzene rings is 1. The number of alkyl halides is 3. The van der Waals surface area contributed by atoms with Crippen molar-refractivity contribution in [1.82, 2.24) is 0 Å². The Hall–Kier alpha value is -0.183. The van der Waals surface area contributed by atoms with Gasteiger partial charge in [-0.3, -0.25) is 0 Å². The van der Waals surface area contributed by atoms with Gasteiger partial charge in [-0.2, -0.15) is 0 Å². The summed E-state index contributed by atoms with van der Waals surface area (Å²) in [5, 5.41) is -1.59. The molecule has 0 nitrogen and oxygen atoms in total. The van der Waals surface area contributed by atoms with Crippen molar-refractivity contribution in [2.45, 2.75) is 6.18 Å². The third kappa shape index (κ3) is 2.71. The van der Waals surface area contributed by atoms with Gasteiger partial charge in [-0.15, -0.1) is 0 Å². The zero-order chi connectivity index (χ0) is 14.5. The van der Waals surface area contributed by atoms with E-state index in [2.05, 4.69) is 0 Å². The molecule has 0 atom stereocenters. The molecule has 11 heteroatoms. The Bertz CT molecular complexity index is 419. The summed E-state index contributed by atoms with van der Waals surface area (Å²) in [6, 6.07) is -4.75. The van der Waals surface area contributed by atoms with Crippen molar-refractivity contribution in [2.75, 3.05) is 0 Å². The van der Waals surface area contributed by atoms with E-state index in [0.29, 0.717) is 0 Å². The number of rotatable bonds is 1. The molecule has 1 rings (SSSR count). The van der Waals surface area contributed by atoms with E-state index in [-0.39, 0.29) is 0 Å². The van der Waals surface area contributed by atoms with Crippen LogP contribution in [0.25, 0.3) is 0 Å². The Morgan fingerprint density at radius 1 is 0.722 bits per heavy atom. The topological polar surface area (TPSA) is 0 Å². The standard InChI is InChI=1S/C7HCl3F7Si/c8-18(9,10)6-4(13)2(11)1(7(15,16)17)3(12)5(6)14/h18H/q-1. The normalized spacial score (nSPS) is 13.9. The first-order valence-electron chi connectivity index (χ1n) is 4.02.